The van der Waals surface area contributed by atoms with Crippen LogP contribution in [-0.4, -0.2) is 28.6 Å². The first-order valence-corrected chi connectivity index (χ1v) is 8.12. The lowest BCUT2D eigenvalue weighted by Crippen LogP contribution is -2.46. The average molecular weight is 266 g/mol. The maximum absolute atomic E-state index is 12.8. The first-order valence-electron chi connectivity index (χ1n) is 8.12. The zero-order valence-corrected chi connectivity index (χ0v) is 13.0. The van der Waals surface area contributed by atoms with Crippen LogP contribution in [0, 0.1) is 5.92 Å². The lowest BCUT2D eigenvalue weighted by Gasteiger charge is -2.37. The van der Waals surface area contributed by atoms with Gasteiger partial charge in [-0.15, -0.1) is 0 Å². The van der Waals surface area contributed by atoms with Crippen molar-refractivity contribution in [3.05, 3.63) is 0 Å². The predicted octanol–water partition coefficient (Wildman–Crippen LogP) is 3.29. The number of carbonyl (C=O) groups is 1. The van der Waals surface area contributed by atoms with E-state index in [2.05, 4.69) is 37.9 Å². The Morgan fingerprint density at radius 3 is 2.68 bits per heavy atom. The van der Waals surface area contributed by atoms with Crippen LogP contribution in [0.3, 0.4) is 0 Å². The van der Waals surface area contributed by atoms with Crippen LogP contribution in [-0.2, 0) is 4.79 Å². The Balaban J connectivity index is 2.17. The largest absolute Gasteiger partial charge is 0.323 e. The summed E-state index contributed by atoms with van der Waals surface area (Å²) in [6.45, 7) is 8.72. The van der Waals surface area contributed by atoms with Gasteiger partial charge in [0.1, 0.15) is 0 Å². The molecule has 3 nitrogen and oxygen atoms in total. The van der Waals surface area contributed by atoms with E-state index in [9.17, 15) is 4.79 Å². The van der Waals surface area contributed by atoms with Gasteiger partial charge in [0, 0.05) is 6.04 Å². The number of hydrogen-bond acceptors (Lipinski definition) is 2. The van der Waals surface area contributed by atoms with Crippen molar-refractivity contribution in [1.29, 1.82) is 0 Å². The van der Waals surface area contributed by atoms with Gasteiger partial charge in [-0.25, -0.2) is 0 Å². The lowest BCUT2D eigenvalue weighted by molar-refractivity contribution is -0.136. The molecule has 19 heavy (non-hydrogen) atoms. The molecule has 0 aromatic heterocycles. The van der Waals surface area contributed by atoms with E-state index in [4.69, 9.17) is 0 Å². The van der Waals surface area contributed by atoms with Crippen LogP contribution in [0.4, 0.5) is 0 Å². The summed E-state index contributed by atoms with van der Waals surface area (Å²) in [6.07, 6.45) is 8.33. The Morgan fingerprint density at radius 1 is 1.37 bits per heavy atom. The minimum Gasteiger partial charge on any atom is -0.323 e. The van der Waals surface area contributed by atoms with Gasteiger partial charge in [0.05, 0.1) is 11.7 Å². The van der Waals surface area contributed by atoms with E-state index < -0.39 is 0 Å². The second kappa shape index (κ2) is 5.82. The summed E-state index contributed by atoms with van der Waals surface area (Å²) in [4.78, 5) is 15.0. The molecule has 110 valence electrons. The van der Waals surface area contributed by atoms with Gasteiger partial charge in [0.25, 0.3) is 0 Å². The summed E-state index contributed by atoms with van der Waals surface area (Å²) in [6, 6.07) is 0.466. The molecular weight excluding hydrogens is 236 g/mol. The van der Waals surface area contributed by atoms with Crippen molar-refractivity contribution in [2.24, 2.45) is 5.92 Å². The Morgan fingerprint density at radius 2 is 2.11 bits per heavy atom. The van der Waals surface area contributed by atoms with Crippen LogP contribution in [0.25, 0.3) is 0 Å². The third-order valence-electron chi connectivity index (χ3n) is 5.10. The van der Waals surface area contributed by atoms with Crippen LogP contribution in [0.1, 0.15) is 72.6 Å². The Labute approximate surface area is 118 Å². The zero-order valence-electron chi connectivity index (χ0n) is 13.0. The molecule has 1 saturated heterocycles. The first-order chi connectivity index (χ1) is 9.01. The number of hydrogen-bond donors (Lipinski definition) is 1. The molecule has 1 aliphatic carbocycles. The molecule has 1 aliphatic heterocycles. The molecule has 1 saturated carbocycles. The molecule has 0 bridgehead atoms. The minimum absolute atomic E-state index is 0.262. The Hall–Kier alpha value is -0.570. The van der Waals surface area contributed by atoms with Gasteiger partial charge in [-0.3, -0.25) is 10.1 Å². The van der Waals surface area contributed by atoms with Crippen LogP contribution in [0.2, 0.25) is 0 Å². The van der Waals surface area contributed by atoms with Crippen molar-refractivity contribution < 1.29 is 4.79 Å². The highest BCUT2D eigenvalue weighted by atomic mass is 16.2. The standard InChI is InChI=1S/C16H30N2O/c1-5-8-14-17-16(4,6-2)15(19)18(14)13-10-7-9-12(3)11-13/h12-14,17H,5-11H2,1-4H3. The number of rotatable bonds is 4. The molecule has 0 radical (unpaired) electrons. The van der Waals surface area contributed by atoms with Crippen LogP contribution >= 0.6 is 0 Å². The van der Waals surface area contributed by atoms with E-state index >= 15 is 0 Å². The lowest BCUT2D eigenvalue weighted by atomic mass is 9.85. The van der Waals surface area contributed by atoms with Crippen molar-refractivity contribution in [3.63, 3.8) is 0 Å². The van der Waals surface area contributed by atoms with Gasteiger partial charge in [0.2, 0.25) is 5.91 Å². The summed E-state index contributed by atoms with van der Waals surface area (Å²) < 4.78 is 0. The maximum atomic E-state index is 12.8. The normalized spacial score (nSPS) is 39.9. The SMILES string of the molecule is CCCC1NC(C)(CC)C(=O)N1C1CCCC(C)C1. The van der Waals surface area contributed by atoms with Crippen molar-refractivity contribution in [3.8, 4) is 0 Å². The first kappa shape index (κ1) is 14.8. The van der Waals surface area contributed by atoms with Crippen LogP contribution in [0.15, 0.2) is 0 Å². The number of nitrogens with zero attached hydrogens (tertiary/aromatic N) is 1. The molecule has 2 aliphatic rings. The van der Waals surface area contributed by atoms with Crippen molar-refractivity contribution >= 4 is 5.91 Å². The summed E-state index contributed by atoms with van der Waals surface area (Å²) in [5.74, 6) is 1.11. The van der Waals surface area contributed by atoms with Crippen molar-refractivity contribution in [2.75, 3.05) is 0 Å². The Kier molecular flexibility index (Phi) is 4.54. The van der Waals surface area contributed by atoms with Gasteiger partial charge in [-0.05, 0) is 38.5 Å². The number of nitrogens with one attached hydrogen (secondary N) is 1. The van der Waals surface area contributed by atoms with Gasteiger partial charge in [-0.2, -0.15) is 0 Å². The Bertz CT molecular complexity index is 327. The fourth-order valence-corrected chi connectivity index (χ4v) is 3.74. The molecule has 3 heteroatoms. The van der Waals surface area contributed by atoms with Gasteiger partial charge >= 0.3 is 0 Å². The van der Waals surface area contributed by atoms with E-state index in [1.807, 2.05) is 0 Å². The molecule has 0 aromatic rings. The highest BCUT2D eigenvalue weighted by molar-refractivity contribution is 5.88. The van der Waals surface area contributed by atoms with E-state index in [1.165, 1.54) is 25.7 Å². The molecular formula is C16H30N2O. The quantitative estimate of drug-likeness (QED) is 0.847. The molecule has 1 N–H and O–H groups in total. The van der Waals surface area contributed by atoms with Gasteiger partial charge in [-0.1, -0.05) is 40.0 Å². The van der Waals surface area contributed by atoms with Crippen molar-refractivity contribution in [1.82, 2.24) is 10.2 Å². The molecule has 1 amide bonds. The smallest absolute Gasteiger partial charge is 0.244 e. The summed E-state index contributed by atoms with van der Waals surface area (Å²) >= 11 is 0. The molecule has 4 unspecified atom stereocenters. The average Bonchev–Trinajstić information content (AvgIpc) is 2.63. The van der Waals surface area contributed by atoms with Crippen LogP contribution in [0.5, 0.6) is 0 Å². The summed E-state index contributed by atoms with van der Waals surface area (Å²) in [5, 5.41) is 3.61. The second-order valence-corrected chi connectivity index (χ2v) is 6.77. The van der Waals surface area contributed by atoms with E-state index in [1.54, 1.807) is 0 Å². The van der Waals surface area contributed by atoms with Gasteiger partial charge < -0.3 is 4.90 Å². The summed E-state index contributed by atoms with van der Waals surface area (Å²) in [7, 11) is 0. The molecule has 4 atom stereocenters. The fourth-order valence-electron chi connectivity index (χ4n) is 3.74. The molecule has 0 spiro atoms. The van der Waals surface area contributed by atoms with Crippen LogP contribution < -0.4 is 5.32 Å². The third-order valence-corrected chi connectivity index (χ3v) is 5.10. The second-order valence-electron chi connectivity index (χ2n) is 6.77. The fraction of sp³-hybridized carbons (Fsp3) is 0.938. The van der Waals surface area contributed by atoms with E-state index in [-0.39, 0.29) is 11.7 Å². The zero-order chi connectivity index (χ0) is 14.0. The van der Waals surface area contributed by atoms with Crippen molar-refractivity contribution in [2.45, 2.75) is 90.4 Å². The molecule has 2 rings (SSSR count). The third kappa shape index (κ3) is 2.81. The van der Waals surface area contributed by atoms with E-state index in [0.29, 0.717) is 11.9 Å². The molecule has 1 heterocycles. The van der Waals surface area contributed by atoms with Gasteiger partial charge in [0.15, 0.2) is 0 Å². The maximum Gasteiger partial charge on any atom is 0.244 e. The predicted molar refractivity (Wildman–Crippen MR) is 78.8 cm³/mol. The topological polar surface area (TPSA) is 32.3 Å². The molecule has 0 aromatic carbocycles. The van der Waals surface area contributed by atoms with E-state index in [0.717, 1.165) is 25.2 Å². The monoisotopic (exact) mass is 266 g/mol. The number of amides is 1. The molecule has 2 fully saturated rings. The summed E-state index contributed by atoms with van der Waals surface area (Å²) in [5.41, 5.74) is -0.333. The highest BCUT2D eigenvalue weighted by Gasteiger charge is 2.48. The highest BCUT2D eigenvalue weighted by Crippen LogP contribution is 2.34. The number of carbonyl (C=O) groups excluding carboxylic acids is 1. The minimum atomic E-state index is -0.333.